The van der Waals surface area contributed by atoms with Crippen molar-refractivity contribution in [1.29, 1.82) is 0 Å². The average molecular weight is 470 g/mol. The molecule has 0 spiro atoms. The second-order valence-corrected chi connectivity index (χ2v) is 8.05. The van der Waals surface area contributed by atoms with Crippen molar-refractivity contribution in [3.8, 4) is 11.5 Å². The standard InChI is InChI=1S/C26H28ClNO5/c1-16-13-23(31-14-20-9-7-6-8-10-20)17(2)18(3)24(16)25(33-19(4)29)21-11-12-22(26(27)28-21)32-15-30-5/h6-13,25H,14-15H2,1-5H3. The Labute approximate surface area is 199 Å². The number of esters is 1. The second kappa shape index (κ2) is 11.2. The monoisotopic (exact) mass is 469 g/mol. The lowest BCUT2D eigenvalue weighted by atomic mass is 9.91. The van der Waals surface area contributed by atoms with Crippen molar-refractivity contribution < 1.29 is 23.7 Å². The van der Waals surface area contributed by atoms with Gasteiger partial charge in [-0.05, 0) is 61.2 Å². The predicted octanol–water partition coefficient (Wildman–Crippen LogP) is 5.87. The minimum Gasteiger partial charge on any atom is -0.489 e. The number of rotatable bonds is 9. The molecule has 0 radical (unpaired) electrons. The summed E-state index contributed by atoms with van der Waals surface area (Å²) in [7, 11) is 1.52. The second-order valence-electron chi connectivity index (χ2n) is 7.69. The van der Waals surface area contributed by atoms with Crippen molar-refractivity contribution in [2.24, 2.45) is 0 Å². The maximum atomic E-state index is 12.0. The van der Waals surface area contributed by atoms with Crippen LogP contribution >= 0.6 is 11.6 Å². The molecule has 3 rings (SSSR count). The zero-order chi connectivity index (χ0) is 24.0. The Bertz CT molecular complexity index is 1120. The fourth-order valence-corrected chi connectivity index (χ4v) is 3.81. The summed E-state index contributed by atoms with van der Waals surface area (Å²) in [6.45, 7) is 7.83. The van der Waals surface area contributed by atoms with Gasteiger partial charge in [-0.15, -0.1) is 0 Å². The van der Waals surface area contributed by atoms with Crippen LogP contribution in [0.5, 0.6) is 11.5 Å². The molecule has 0 saturated heterocycles. The molecule has 0 N–H and O–H groups in total. The molecule has 3 aromatic rings. The summed E-state index contributed by atoms with van der Waals surface area (Å²) in [5, 5.41) is 0.163. The van der Waals surface area contributed by atoms with E-state index in [9.17, 15) is 4.79 Å². The van der Waals surface area contributed by atoms with E-state index >= 15 is 0 Å². The van der Waals surface area contributed by atoms with E-state index in [4.69, 9.17) is 30.5 Å². The molecule has 0 aliphatic heterocycles. The molecular formula is C26H28ClNO5. The molecule has 0 aliphatic carbocycles. The highest BCUT2D eigenvalue weighted by atomic mass is 35.5. The number of methoxy groups -OCH3 is 1. The third-order valence-electron chi connectivity index (χ3n) is 5.33. The van der Waals surface area contributed by atoms with Crippen molar-refractivity contribution in [2.45, 2.75) is 40.4 Å². The van der Waals surface area contributed by atoms with Gasteiger partial charge < -0.3 is 18.9 Å². The average Bonchev–Trinajstić information content (AvgIpc) is 2.79. The van der Waals surface area contributed by atoms with Crippen molar-refractivity contribution in [2.75, 3.05) is 13.9 Å². The third-order valence-corrected chi connectivity index (χ3v) is 5.60. The molecule has 6 nitrogen and oxygen atoms in total. The van der Waals surface area contributed by atoms with Gasteiger partial charge in [0.2, 0.25) is 0 Å². The van der Waals surface area contributed by atoms with Crippen LogP contribution in [0.25, 0.3) is 0 Å². The maximum absolute atomic E-state index is 12.0. The molecule has 174 valence electrons. The van der Waals surface area contributed by atoms with Crippen LogP contribution in [0, 0.1) is 20.8 Å². The molecule has 1 atom stereocenters. The smallest absolute Gasteiger partial charge is 0.303 e. The Morgan fingerprint density at radius 3 is 2.36 bits per heavy atom. The summed E-state index contributed by atoms with van der Waals surface area (Å²) in [4.78, 5) is 16.4. The van der Waals surface area contributed by atoms with Gasteiger partial charge in [0.25, 0.3) is 0 Å². The lowest BCUT2D eigenvalue weighted by Crippen LogP contribution is -2.15. The van der Waals surface area contributed by atoms with E-state index in [1.54, 1.807) is 12.1 Å². The van der Waals surface area contributed by atoms with E-state index in [2.05, 4.69) is 4.98 Å². The lowest BCUT2D eigenvalue weighted by molar-refractivity contribution is -0.145. The number of hydrogen-bond donors (Lipinski definition) is 0. The largest absolute Gasteiger partial charge is 0.489 e. The van der Waals surface area contributed by atoms with Crippen LogP contribution in [0.4, 0.5) is 0 Å². The fourth-order valence-electron chi connectivity index (χ4n) is 3.60. The molecule has 33 heavy (non-hydrogen) atoms. The maximum Gasteiger partial charge on any atom is 0.303 e. The highest BCUT2D eigenvalue weighted by Gasteiger charge is 2.26. The Morgan fingerprint density at radius 1 is 1.00 bits per heavy atom. The molecule has 0 bridgehead atoms. The topological polar surface area (TPSA) is 66.9 Å². The number of nitrogens with zero attached hydrogens (tertiary/aromatic N) is 1. The number of aryl methyl sites for hydroxylation is 1. The van der Waals surface area contributed by atoms with Gasteiger partial charge in [0.1, 0.15) is 12.4 Å². The molecule has 1 unspecified atom stereocenters. The minimum atomic E-state index is -0.724. The highest BCUT2D eigenvalue weighted by Crippen LogP contribution is 2.37. The van der Waals surface area contributed by atoms with Crippen LogP contribution in [0.2, 0.25) is 5.15 Å². The van der Waals surface area contributed by atoms with Crippen LogP contribution in [-0.2, 0) is 20.9 Å². The molecular weight excluding hydrogens is 442 g/mol. The van der Waals surface area contributed by atoms with E-state index in [1.807, 2.05) is 57.2 Å². The molecule has 0 amide bonds. The Morgan fingerprint density at radius 2 is 1.73 bits per heavy atom. The summed E-state index contributed by atoms with van der Waals surface area (Å²) in [5.74, 6) is 0.755. The Balaban J connectivity index is 1.97. The molecule has 0 aliphatic rings. The minimum absolute atomic E-state index is 0.0516. The van der Waals surface area contributed by atoms with Gasteiger partial charge in [0, 0.05) is 19.6 Å². The molecule has 0 fully saturated rings. The van der Waals surface area contributed by atoms with Crippen LogP contribution in [0.1, 0.15) is 46.5 Å². The van der Waals surface area contributed by atoms with Gasteiger partial charge in [-0.1, -0.05) is 41.9 Å². The summed E-state index contributed by atoms with van der Waals surface area (Å²) >= 11 is 6.32. The van der Waals surface area contributed by atoms with E-state index in [-0.39, 0.29) is 11.9 Å². The summed E-state index contributed by atoms with van der Waals surface area (Å²) in [6.07, 6.45) is -0.724. The first-order valence-electron chi connectivity index (χ1n) is 10.5. The van der Waals surface area contributed by atoms with E-state index < -0.39 is 12.1 Å². The number of pyridine rings is 1. The van der Waals surface area contributed by atoms with E-state index in [0.717, 1.165) is 33.6 Å². The van der Waals surface area contributed by atoms with Crippen molar-refractivity contribution in [1.82, 2.24) is 4.98 Å². The van der Waals surface area contributed by atoms with Gasteiger partial charge in [0.05, 0.1) is 5.69 Å². The number of hydrogen-bond acceptors (Lipinski definition) is 6. The Hall–Kier alpha value is -3.09. The molecule has 1 heterocycles. The van der Waals surface area contributed by atoms with Crippen LogP contribution < -0.4 is 9.47 Å². The molecule has 1 aromatic heterocycles. The first-order chi connectivity index (χ1) is 15.8. The van der Waals surface area contributed by atoms with Crippen molar-refractivity contribution >= 4 is 17.6 Å². The number of ether oxygens (including phenoxy) is 4. The summed E-state index contributed by atoms with van der Waals surface area (Å²) in [6, 6.07) is 15.4. The summed E-state index contributed by atoms with van der Waals surface area (Å²) < 4.78 is 22.2. The van der Waals surface area contributed by atoms with Gasteiger partial charge in [-0.25, -0.2) is 4.98 Å². The predicted molar refractivity (Wildman–Crippen MR) is 127 cm³/mol. The Kier molecular flexibility index (Phi) is 8.31. The van der Waals surface area contributed by atoms with Crippen molar-refractivity contribution in [3.05, 3.63) is 87.2 Å². The van der Waals surface area contributed by atoms with Gasteiger partial charge in [-0.3, -0.25) is 4.79 Å². The first kappa shape index (κ1) is 24.6. The number of halogens is 1. The molecule has 0 saturated carbocycles. The quantitative estimate of drug-likeness (QED) is 0.221. The fraction of sp³-hybridized carbons (Fsp3) is 0.308. The number of aromatic nitrogens is 1. The third kappa shape index (κ3) is 6.03. The number of carbonyl (C=O) groups is 1. The van der Waals surface area contributed by atoms with Crippen LogP contribution in [0.3, 0.4) is 0 Å². The van der Waals surface area contributed by atoms with Gasteiger partial charge in [0.15, 0.2) is 23.8 Å². The molecule has 2 aromatic carbocycles. The SMILES string of the molecule is COCOc1ccc(C(OC(C)=O)c2c(C)cc(OCc3ccccc3)c(C)c2C)nc1Cl. The highest BCUT2D eigenvalue weighted by molar-refractivity contribution is 6.30. The summed E-state index contributed by atoms with van der Waals surface area (Å²) in [5.41, 5.74) is 5.29. The van der Waals surface area contributed by atoms with Gasteiger partial charge in [-0.2, -0.15) is 0 Å². The van der Waals surface area contributed by atoms with Crippen molar-refractivity contribution in [3.63, 3.8) is 0 Å². The molecule has 7 heteroatoms. The number of benzene rings is 2. The normalized spacial score (nSPS) is 11.7. The van der Waals surface area contributed by atoms with Crippen LogP contribution in [-0.4, -0.2) is 24.9 Å². The lowest BCUT2D eigenvalue weighted by Gasteiger charge is -2.24. The van der Waals surface area contributed by atoms with Gasteiger partial charge >= 0.3 is 5.97 Å². The van der Waals surface area contributed by atoms with E-state index in [1.165, 1.54) is 14.0 Å². The first-order valence-corrected chi connectivity index (χ1v) is 10.9. The van der Waals surface area contributed by atoms with E-state index in [0.29, 0.717) is 18.1 Å². The number of carbonyl (C=O) groups excluding carboxylic acids is 1. The zero-order valence-corrected chi connectivity index (χ0v) is 20.2. The zero-order valence-electron chi connectivity index (χ0n) is 19.5. The van der Waals surface area contributed by atoms with Crippen LogP contribution in [0.15, 0.2) is 48.5 Å².